The summed E-state index contributed by atoms with van der Waals surface area (Å²) in [5, 5.41) is 17.1. The predicted octanol–water partition coefficient (Wildman–Crippen LogP) is -0.315. The lowest BCUT2D eigenvalue weighted by Crippen LogP contribution is -2.64. The van der Waals surface area contributed by atoms with E-state index in [1.165, 1.54) is 6.92 Å². The maximum absolute atomic E-state index is 11.5. The number of aliphatic hydroxyl groups is 1. The molecule has 1 atom stereocenters. The summed E-state index contributed by atoms with van der Waals surface area (Å²) < 4.78 is 24.2. The molecule has 1 unspecified atom stereocenters. The molecule has 0 saturated carbocycles. The molecule has 0 amide bonds. The van der Waals surface area contributed by atoms with Crippen LogP contribution in [0.3, 0.4) is 0 Å². The first kappa shape index (κ1) is 11.4. The second-order valence-electron chi connectivity index (χ2n) is 3.66. The van der Waals surface area contributed by atoms with E-state index in [2.05, 4.69) is 0 Å². The van der Waals surface area contributed by atoms with Crippen LogP contribution >= 0.6 is 0 Å². The third kappa shape index (κ3) is 1.75. The third-order valence-electron chi connectivity index (χ3n) is 2.59. The molecule has 1 aliphatic rings. The summed E-state index contributed by atoms with van der Waals surface area (Å²) in [7, 11) is -3.52. The van der Waals surface area contributed by atoms with E-state index >= 15 is 0 Å². The summed E-state index contributed by atoms with van der Waals surface area (Å²) in [4.78, 5) is 0. The summed E-state index contributed by atoms with van der Waals surface area (Å²) in [5.41, 5.74) is -0.887. The minimum absolute atomic E-state index is 0.109. The largest absolute Gasteiger partial charge is 0.387 e. The third-order valence-corrected chi connectivity index (χ3v) is 4.56. The van der Waals surface area contributed by atoms with Crippen molar-refractivity contribution in [1.82, 2.24) is 4.31 Å². The van der Waals surface area contributed by atoms with Crippen LogP contribution in [0.15, 0.2) is 0 Å². The van der Waals surface area contributed by atoms with Crippen molar-refractivity contribution in [3.8, 4) is 6.07 Å². The van der Waals surface area contributed by atoms with E-state index in [1.54, 1.807) is 13.0 Å². The van der Waals surface area contributed by atoms with E-state index in [-0.39, 0.29) is 13.1 Å². The van der Waals surface area contributed by atoms with Gasteiger partial charge in [-0.05, 0) is 13.3 Å². The van der Waals surface area contributed by atoms with Crippen molar-refractivity contribution in [2.24, 2.45) is 0 Å². The number of rotatable bonds is 3. The van der Waals surface area contributed by atoms with Crippen LogP contribution in [0.4, 0.5) is 0 Å². The molecule has 0 aromatic carbocycles. The number of hydrogen-bond donors (Lipinski definition) is 1. The molecular weight excluding hydrogens is 204 g/mol. The zero-order valence-electron chi connectivity index (χ0n) is 8.27. The first-order valence-corrected chi connectivity index (χ1v) is 5.97. The van der Waals surface area contributed by atoms with E-state index in [4.69, 9.17) is 5.26 Å². The lowest BCUT2D eigenvalue weighted by Gasteiger charge is -2.45. The smallest absolute Gasteiger partial charge is 0.230 e. The molecule has 1 N–H and O–H groups in total. The van der Waals surface area contributed by atoms with E-state index in [1.807, 2.05) is 0 Å². The molecule has 0 radical (unpaired) electrons. The topological polar surface area (TPSA) is 81.4 Å². The van der Waals surface area contributed by atoms with Gasteiger partial charge in [0.1, 0.15) is 0 Å². The van der Waals surface area contributed by atoms with Gasteiger partial charge in [0.15, 0.2) is 5.25 Å². The molecule has 0 bridgehead atoms. The van der Waals surface area contributed by atoms with Crippen molar-refractivity contribution in [1.29, 1.82) is 5.26 Å². The van der Waals surface area contributed by atoms with Gasteiger partial charge >= 0.3 is 0 Å². The van der Waals surface area contributed by atoms with E-state index in [0.29, 0.717) is 6.42 Å². The van der Waals surface area contributed by atoms with Gasteiger partial charge in [0.05, 0.1) is 11.7 Å². The van der Waals surface area contributed by atoms with Crippen molar-refractivity contribution in [3.05, 3.63) is 0 Å². The molecule has 1 heterocycles. The summed E-state index contributed by atoms with van der Waals surface area (Å²) in [6.07, 6.45) is 0.528. The normalized spacial score (nSPS) is 23.6. The van der Waals surface area contributed by atoms with E-state index < -0.39 is 20.9 Å². The molecule has 6 heteroatoms. The Morgan fingerprint density at radius 3 is 2.50 bits per heavy atom. The molecule has 14 heavy (non-hydrogen) atoms. The van der Waals surface area contributed by atoms with Crippen molar-refractivity contribution in [2.45, 2.75) is 31.1 Å². The van der Waals surface area contributed by atoms with Gasteiger partial charge in [0, 0.05) is 13.1 Å². The van der Waals surface area contributed by atoms with Crippen LogP contribution in [-0.4, -0.2) is 41.8 Å². The van der Waals surface area contributed by atoms with Crippen LogP contribution in [0.5, 0.6) is 0 Å². The van der Waals surface area contributed by atoms with Crippen LogP contribution in [0.1, 0.15) is 20.3 Å². The minimum atomic E-state index is -3.52. The van der Waals surface area contributed by atoms with Gasteiger partial charge in [0.25, 0.3) is 0 Å². The average molecular weight is 218 g/mol. The molecule has 1 rings (SSSR count). The summed E-state index contributed by atoms with van der Waals surface area (Å²) in [6, 6.07) is 1.69. The monoisotopic (exact) mass is 218 g/mol. The second kappa shape index (κ2) is 3.50. The van der Waals surface area contributed by atoms with Crippen LogP contribution in [0.2, 0.25) is 0 Å². The van der Waals surface area contributed by atoms with Crippen LogP contribution in [0.25, 0.3) is 0 Å². The van der Waals surface area contributed by atoms with Crippen molar-refractivity contribution in [2.75, 3.05) is 13.1 Å². The first-order chi connectivity index (χ1) is 6.35. The Labute approximate surface area is 84.0 Å². The molecule has 0 aromatic rings. The van der Waals surface area contributed by atoms with E-state index in [9.17, 15) is 13.5 Å². The number of β-amino-alcohol motifs (C(OH)–C–C–N with tert-alkyl or cyclic N) is 1. The highest BCUT2D eigenvalue weighted by Gasteiger charge is 2.47. The Balaban J connectivity index is 2.69. The van der Waals surface area contributed by atoms with Crippen molar-refractivity contribution >= 4 is 10.0 Å². The predicted molar refractivity (Wildman–Crippen MR) is 50.8 cm³/mol. The summed E-state index contributed by atoms with van der Waals surface area (Å²) >= 11 is 0. The highest BCUT2D eigenvalue weighted by atomic mass is 32.2. The Morgan fingerprint density at radius 2 is 2.14 bits per heavy atom. The minimum Gasteiger partial charge on any atom is -0.387 e. The maximum atomic E-state index is 11.5. The molecule has 0 spiro atoms. The van der Waals surface area contributed by atoms with Crippen LogP contribution < -0.4 is 0 Å². The number of sulfonamides is 1. The molecule has 1 saturated heterocycles. The Morgan fingerprint density at radius 1 is 1.64 bits per heavy atom. The van der Waals surface area contributed by atoms with Gasteiger partial charge in [-0.1, -0.05) is 6.92 Å². The van der Waals surface area contributed by atoms with Gasteiger partial charge in [-0.25, -0.2) is 8.42 Å². The van der Waals surface area contributed by atoms with Crippen LogP contribution in [-0.2, 0) is 10.0 Å². The zero-order chi connectivity index (χ0) is 11.0. The van der Waals surface area contributed by atoms with Gasteiger partial charge < -0.3 is 5.11 Å². The number of nitriles is 1. The molecule has 5 nitrogen and oxygen atoms in total. The number of hydrogen-bond acceptors (Lipinski definition) is 4. The molecular formula is C8H14N2O3S. The SMILES string of the molecule is CCC1(O)CN(S(=O)(=O)C(C)C#N)C1. The molecule has 0 aromatic heterocycles. The van der Waals surface area contributed by atoms with Gasteiger partial charge in [-0.15, -0.1) is 0 Å². The Kier molecular flexibility index (Phi) is 2.86. The van der Waals surface area contributed by atoms with Gasteiger partial charge in [-0.2, -0.15) is 9.57 Å². The number of nitrogens with zero attached hydrogens (tertiary/aromatic N) is 2. The van der Waals surface area contributed by atoms with Crippen molar-refractivity contribution in [3.63, 3.8) is 0 Å². The van der Waals surface area contributed by atoms with Crippen LogP contribution in [0, 0.1) is 11.3 Å². The maximum Gasteiger partial charge on any atom is 0.230 e. The zero-order valence-corrected chi connectivity index (χ0v) is 9.08. The first-order valence-electron chi connectivity index (χ1n) is 4.47. The Hall–Kier alpha value is -0.640. The standard InChI is InChI=1S/C8H14N2O3S/c1-3-8(11)5-10(6-8)14(12,13)7(2)4-9/h7,11H,3,5-6H2,1-2H3. The molecule has 80 valence electrons. The molecule has 1 aliphatic heterocycles. The quantitative estimate of drug-likeness (QED) is 0.704. The summed E-state index contributed by atoms with van der Waals surface area (Å²) in [5.74, 6) is 0. The second-order valence-corrected chi connectivity index (χ2v) is 5.92. The van der Waals surface area contributed by atoms with Crippen molar-refractivity contribution < 1.29 is 13.5 Å². The molecule has 0 aliphatic carbocycles. The Bertz CT molecular complexity index is 351. The highest BCUT2D eigenvalue weighted by Crippen LogP contribution is 2.28. The lowest BCUT2D eigenvalue weighted by molar-refractivity contribution is -0.0614. The summed E-state index contributed by atoms with van der Waals surface area (Å²) in [6.45, 7) is 3.37. The fraction of sp³-hybridized carbons (Fsp3) is 0.875. The fourth-order valence-corrected chi connectivity index (χ4v) is 2.72. The lowest BCUT2D eigenvalue weighted by atomic mass is 9.94. The molecule has 1 fully saturated rings. The average Bonchev–Trinajstić information content (AvgIpc) is 2.11. The highest BCUT2D eigenvalue weighted by molar-refractivity contribution is 7.90. The van der Waals surface area contributed by atoms with Gasteiger partial charge in [-0.3, -0.25) is 0 Å². The fourth-order valence-electron chi connectivity index (χ4n) is 1.30. The van der Waals surface area contributed by atoms with E-state index in [0.717, 1.165) is 4.31 Å². The van der Waals surface area contributed by atoms with Gasteiger partial charge in [0.2, 0.25) is 10.0 Å².